The third-order valence-corrected chi connectivity index (χ3v) is 8.30. The van der Waals surface area contributed by atoms with Gasteiger partial charge in [0, 0.05) is 48.3 Å². The quantitative estimate of drug-likeness (QED) is 0.260. The summed E-state index contributed by atoms with van der Waals surface area (Å²) < 4.78 is 12.2. The zero-order valence-corrected chi connectivity index (χ0v) is 28.1. The molecule has 0 saturated heterocycles. The lowest BCUT2D eigenvalue weighted by Gasteiger charge is -2.14. The standard InChI is InChI=1S/2C16H16BrN3O2/c1-20(2)16(21)11-7-12(17)15-13(8-11)19-14(9-18-15)10-3-5-22-6-4-10;1-20(2)16(21)11-7-12(17)15-13(8-11)18-9-14(19-15)10-3-5-22-6-4-10/h2*3,7-9H,4-6H2,1-2H3. The minimum Gasteiger partial charge on any atom is -0.377 e. The first-order valence-corrected chi connectivity index (χ1v) is 15.6. The second-order valence-electron chi connectivity index (χ2n) is 10.7. The van der Waals surface area contributed by atoms with Crippen LogP contribution >= 0.6 is 31.9 Å². The van der Waals surface area contributed by atoms with E-state index in [1.807, 2.05) is 12.2 Å². The van der Waals surface area contributed by atoms with Gasteiger partial charge in [-0.05, 0) is 80.1 Å². The molecule has 0 saturated carbocycles. The van der Waals surface area contributed by atoms with Crippen molar-refractivity contribution >= 4 is 76.9 Å². The number of nitrogens with zero attached hydrogens (tertiary/aromatic N) is 6. The van der Waals surface area contributed by atoms with E-state index < -0.39 is 0 Å². The predicted octanol–water partition coefficient (Wildman–Crippen LogP) is 5.80. The van der Waals surface area contributed by atoms with Crippen molar-refractivity contribution < 1.29 is 19.1 Å². The molecule has 6 rings (SSSR count). The van der Waals surface area contributed by atoms with Crippen LogP contribution in [0.25, 0.3) is 33.2 Å². The van der Waals surface area contributed by atoms with Gasteiger partial charge in [-0.3, -0.25) is 19.6 Å². The average Bonchev–Trinajstić information content (AvgIpc) is 3.04. The first-order valence-electron chi connectivity index (χ1n) is 14.0. The summed E-state index contributed by atoms with van der Waals surface area (Å²) in [6.45, 7) is 2.64. The molecule has 0 radical (unpaired) electrons. The van der Waals surface area contributed by atoms with Crippen molar-refractivity contribution in [3.05, 3.63) is 80.3 Å². The number of carbonyl (C=O) groups excluding carboxylic acids is 2. The van der Waals surface area contributed by atoms with Crippen LogP contribution in [0.3, 0.4) is 0 Å². The third kappa shape index (κ3) is 7.20. The summed E-state index contributed by atoms with van der Waals surface area (Å²) in [7, 11) is 6.92. The normalized spacial score (nSPS) is 14.8. The first kappa shape index (κ1) is 31.8. The molecule has 0 aliphatic carbocycles. The minimum absolute atomic E-state index is 0.0550. The number of halogens is 2. The van der Waals surface area contributed by atoms with Gasteiger partial charge in [0.25, 0.3) is 11.8 Å². The van der Waals surface area contributed by atoms with Crippen LogP contribution in [0.1, 0.15) is 44.9 Å². The molecule has 2 aromatic heterocycles. The van der Waals surface area contributed by atoms with Crippen LogP contribution in [0.2, 0.25) is 0 Å². The largest absolute Gasteiger partial charge is 0.377 e. The predicted molar refractivity (Wildman–Crippen MR) is 177 cm³/mol. The van der Waals surface area contributed by atoms with E-state index in [-0.39, 0.29) is 11.8 Å². The Morgan fingerprint density at radius 2 is 1.18 bits per heavy atom. The Labute approximate surface area is 272 Å². The summed E-state index contributed by atoms with van der Waals surface area (Å²) in [5.41, 5.74) is 8.13. The topological polar surface area (TPSA) is 111 Å². The summed E-state index contributed by atoms with van der Waals surface area (Å²) in [5, 5.41) is 0. The van der Waals surface area contributed by atoms with Gasteiger partial charge in [-0.25, -0.2) is 9.97 Å². The van der Waals surface area contributed by atoms with Crippen molar-refractivity contribution in [3.63, 3.8) is 0 Å². The molecule has 44 heavy (non-hydrogen) atoms. The number of hydrogen-bond donors (Lipinski definition) is 0. The molecule has 0 unspecified atom stereocenters. The molecule has 12 heteroatoms. The van der Waals surface area contributed by atoms with Gasteiger partial charge < -0.3 is 19.3 Å². The number of ether oxygens (including phenoxy) is 2. The maximum absolute atomic E-state index is 12.2. The smallest absolute Gasteiger partial charge is 0.253 e. The van der Waals surface area contributed by atoms with E-state index in [0.717, 1.165) is 55.4 Å². The van der Waals surface area contributed by atoms with E-state index in [1.165, 1.54) is 0 Å². The summed E-state index contributed by atoms with van der Waals surface area (Å²) in [6.07, 6.45) is 9.28. The van der Waals surface area contributed by atoms with E-state index in [0.29, 0.717) is 48.6 Å². The first-order chi connectivity index (χ1) is 21.1. The summed E-state index contributed by atoms with van der Waals surface area (Å²) >= 11 is 6.98. The Morgan fingerprint density at radius 3 is 1.70 bits per heavy atom. The summed E-state index contributed by atoms with van der Waals surface area (Å²) in [6, 6.07) is 7.14. The highest BCUT2D eigenvalue weighted by Gasteiger charge is 2.16. The Kier molecular flexibility index (Phi) is 10.1. The van der Waals surface area contributed by atoms with Crippen molar-refractivity contribution in [1.82, 2.24) is 29.7 Å². The van der Waals surface area contributed by atoms with Crippen LogP contribution in [-0.4, -0.2) is 96.2 Å². The maximum atomic E-state index is 12.2. The summed E-state index contributed by atoms with van der Waals surface area (Å²) in [4.78, 5) is 45.7. The van der Waals surface area contributed by atoms with Crippen LogP contribution in [0.4, 0.5) is 0 Å². The lowest BCUT2D eigenvalue weighted by molar-refractivity contribution is 0.0820. The van der Waals surface area contributed by atoms with Gasteiger partial charge in [-0.2, -0.15) is 0 Å². The number of fused-ring (bicyclic) bond motifs is 2. The van der Waals surface area contributed by atoms with E-state index >= 15 is 0 Å². The molecule has 2 aliphatic heterocycles. The van der Waals surface area contributed by atoms with Gasteiger partial charge in [0.15, 0.2) is 0 Å². The van der Waals surface area contributed by atoms with Crippen molar-refractivity contribution in [3.8, 4) is 0 Å². The highest BCUT2D eigenvalue weighted by molar-refractivity contribution is 9.11. The van der Waals surface area contributed by atoms with Crippen LogP contribution in [-0.2, 0) is 9.47 Å². The fraction of sp³-hybridized carbons (Fsp3) is 0.312. The fourth-order valence-electron chi connectivity index (χ4n) is 4.75. The molecule has 0 N–H and O–H groups in total. The number of rotatable bonds is 4. The van der Waals surface area contributed by atoms with Gasteiger partial charge in [0.1, 0.15) is 11.0 Å². The number of hydrogen-bond acceptors (Lipinski definition) is 8. The molecule has 0 atom stereocenters. The molecular weight excluding hydrogens is 692 g/mol. The number of aromatic nitrogens is 4. The Bertz CT molecular complexity index is 1810. The molecule has 0 spiro atoms. The van der Waals surface area contributed by atoms with Crippen LogP contribution in [0.15, 0.2) is 57.8 Å². The highest BCUT2D eigenvalue weighted by Crippen LogP contribution is 2.28. The van der Waals surface area contributed by atoms with E-state index in [2.05, 4.69) is 51.8 Å². The van der Waals surface area contributed by atoms with E-state index in [4.69, 9.17) is 9.47 Å². The van der Waals surface area contributed by atoms with Gasteiger partial charge in [0.05, 0.1) is 61.2 Å². The molecule has 0 fully saturated rings. The SMILES string of the molecule is CN(C)C(=O)c1cc(Br)c2nc(C3=CCOCC3)cnc2c1.CN(C)C(=O)c1cc(Br)c2ncc(C3=CCOCC3)nc2c1. The van der Waals surface area contributed by atoms with Gasteiger partial charge >= 0.3 is 0 Å². The number of benzene rings is 2. The maximum Gasteiger partial charge on any atom is 0.253 e. The second kappa shape index (κ2) is 14.0. The zero-order valence-electron chi connectivity index (χ0n) is 24.9. The van der Waals surface area contributed by atoms with Gasteiger partial charge in [0.2, 0.25) is 0 Å². The minimum atomic E-state index is -0.0555. The monoisotopic (exact) mass is 722 g/mol. The molecule has 2 aliphatic rings. The Balaban J connectivity index is 0.000000175. The second-order valence-corrected chi connectivity index (χ2v) is 12.4. The van der Waals surface area contributed by atoms with E-state index in [1.54, 1.807) is 74.6 Å². The lowest BCUT2D eigenvalue weighted by atomic mass is 10.1. The van der Waals surface area contributed by atoms with Crippen molar-refractivity contribution in [1.29, 1.82) is 0 Å². The van der Waals surface area contributed by atoms with Gasteiger partial charge in [-0.1, -0.05) is 12.2 Å². The molecule has 4 aromatic rings. The third-order valence-electron chi connectivity index (χ3n) is 7.09. The van der Waals surface area contributed by atoms with Crippen molar-refractivity contribution in [2.24, 2.45) is 0 Å². The zero-order chi connectivity index (χ0) is 31.4. The highest BCUT2D eigenvalue weighted by atomic mass is 79.9. The Hall–Kier alpha value is -3.58. The van der Waals surface area contributed by atoms with Crippen LogP contribution < -0.4 is 0 Å². The molecule has 2 aromatic carbocycles. The van der Waals surface area contributed by atoms with Crippen LogP contribution in [0.5, 0.6) is 0 Å². The van der Waals surface area contributed by atoms with Crippen molar-refractivity contribution in [2.75, 3.05) is 54.6 Å². The molecule has 4 heterocycles. The van der Waals surface area contributed by atoms with Gasteiger partial charge in [-0.15, -0.1) is 0 Å². The van der Waals surface area contributed by atoms with E-state index in [9.17, 15) is 9.59 Å². The Morgan fingerprint density at radius 1 is 0.682 bits per heavy atom. The molecular formula is C32H32Br2N6O4. The lowest BCUT2D eigenvalue weighted by Crippen LogP contribution is -2.21. The molecule has 228 valence electrons. The molecule has 10 nitrogen and oxygen atoms in total. The molecule has 2 amide bonds. The van der Waals surface area contributed by atoms with Crippen LogP contribution in [0, 0.1) is 0 Å². The van der Waals surface area contributed by atoms with Crippen molar-refractivity contribution in [2.45, 2.75) is 12.8 Å². The fourth-order valence-corrected chi connectivity index (χ4v) is 5.84. The average molecular weight is 724 g/mol. The summed E-state index contributed by atoms with van der Waals surface area (Å²) in [5.74, 6) is -0.110. The molecule has 0 bridgehead atoms. The number of carbonyl (C=O) groups is 2. The number of amides is 2.